The molecule has 166 valence electrons. The van der Waals surface area contributed by atoms with Gasteiger partial charge in [0.2, 0.25) is 5.88 Å². The predicted molar refractivity (Wildman–Crippen MR) is 129 cm³/mol. The first-order valence-corrected chi connectivity index (χ1v) is 11.1. The van der Waals surface area contributed by atoms with Gasteiger partial charge < -0.3 is 19.5 Å². The van der Waals surface area contributed by atoms with Gasteiger partial charge in [0.1, 0.15) is 18.1 Å². The maximum absolute atomic E-state index is 5.72. The molecule has 1 aromatic heterocycles. The van der Waals surface area contributed by atoms with Gasteiger partial charge in [-0.05, 0) is 71.6 Å². The van der Waals surface area contributed by atoms with Crippen LogP contribution in [0.15, 0.2) is 60.8 Å². The Kier molecular flexibility index (Phi) is 7.07. The number of methoxy groups -OCH3 is 1. The van der Waals surface area contributed by atoms with Crippen molar-refractivity contribution in [3.05, 3.63) is 83.0 Å². The summed E-state index contributed by atoms with van der Waals surface area (Å²) in [6.07, 6.45) is 3.75. The Morgan fingerprint density at radius 1 is 1.03 bits per heavy atom. The summed E-state index contributed by atoms with van der Waals surface area (Å²) >= 11 is 0. The molecule has 0 spiro atoms. The highest BCUT2D eigenvalue weighted by atomic mass is 16.5. The zero-order valence-electron chi connectivity index (χ0n) is 19.0. The first-order chi connectivity index (χ1) is 15.7. The maximum Gasteiger partial charge on any atom is 0.213 e. The lowest BCUT2D eigenvalue weighted by molar-refractivity contribution is 0.306. The molecule has 1 aliphatic rings. The van der Waals surface area contributed by atoms with Crippen molar-refractivity contribution in [3.63, 3.8) is 0 Å². The highest BCUT2D eigenvalue weighted by molar-refractivity contribution is 5.98. The monoisotopic (exact) mass is 430 g/mol. The molecule has 5 heteroatoms. The minimum absolute atomic E-state index is 0.585. The normalized spacial score (nSPS) is 13.2. The number of ether oxygens (including phenoxy) is 3. The van der Waals surface area contributed by atoms with E-state index in [0.717, 1.165) is 48.6 Å². The van der Waals surface area contributed by atoms with Crippen molar-refractivity contribution in [2.75, 3.05) is 33.9 Å². The minimum Gasteiger partial charge on any atom is -0.497 e. The average molecular weight is 431 g/mol. The van der Waals surface area contributed by atoms with Crippen LogP contribution >= 0.6 is 0 Å². The van der Waals surface area contributed by atoms with E-state index in [4.69, 9.17) is 14.2 Å². The van der Waals surface area contributed by atoms with Gasteiger partial charge >= 0.3 is 0 Å². The van der Waals surface area contributed by atoms with Crippen LogP contribution in [-0.2, 0) is 6.42 Å². The van der Waals surface area contributed by atoms with Crippen molar-refractivity contribution in [2.45, 2.75) is 19.8 Å². The van der Waals surface area contributed by atoms with Gasteiger partial charge in [0.15, 0.2) is 0 Å². The molecule has 2 heterocycles. The van der Waals surface area contributed by atoms with Crippen molar-refractivity contribution in [3.8, 4) is 17.4 Å². The Hall–Kier alpha value is -3.31. The largest absolute Gasteiger partial charge is 0.497 e. The number of hydrogen-bond acceptors (Lipinski definition) is 5. The van der Waals surface area contributed by atoms with Crippen LogP contribution in [0.4, 0.5) is 0 Å². The number of likely N-dealkylation sites (N-methyl/N-ethyl adjacent to an activating group) is 1. The van der Waals surface area contributed by atoms with E-state index in [2.05, 4.69) is 53.6 Å². The lowest BCUT2D eigenvalue weighted by atomic mass is 9.88. The molecule has 0 saturated heterocycles. The second-order valence-corrected chi connectivity index (χ2v) is 7.69. The van der Waals surface area contributed by atoms with Crippen molar-refractivity contribution in [1.82, 2.24) is 10.3 Å². The van der Waals surface area contributed by atoms with Crippen LogP contribution in [0, 0.1) is 0 Å². The molecular formula is C27H30N2O3. The Balaban J connectivity index is 1.79. The SMILES string of the molecule is CCC(=C(c1ccc(OC)cc1)c1ccc(OCCNC)nc1)c1ccc2c(c1)CCO2. The van der Waals surface area contributed by atoms with Gasteiger partial charge in [0.05, 0.1) is 13.7 Å². The number of fused-ring (bicyclic) bond motifs is 1. The molecule has 3 aromatic rings. The number of hydrogen-bond donors (Lipinski definition) is 1. The molecule has 2 aromatic carbocycles. The molecule has 5 nitrogen and oxygen atoms in total. The Morgan fingerprint density at radius 3 is 2.50 bits per heavy atom. The maximum atomic E-state index is 5.72. The van der Waals surface area contributed by atoms with Gasteiger partial charge in [0, 0.05) is 30.8 Å². The second kappa shape index (κ2) is 10.3. The molecule has 0 aliphatic carbocycles. The molecule has 1 N–H and O–H groups in total. The predicted octanol–water partition coefficient (Wildman–Crippen LogP) is 4.99. The van der Waals surface area contributed by atoms with E-state index in [-0.39, 0.29) is 0 Å². The van der Waals surface area contributed by atoms with Gasteiger partial charge in [0.25, 0.3) is 0 Å². The fraction of sp³-hybridized carbons (Fsp3) is 0.296. The third-order valence-electron chi connectivity index (χ3n) is 5.70. The summed E-state index contributed by atoms with van der Waals surface area (Å²) in [7, 11) is 3.59. The zero-order chi connectivity index (χ0) is 22.3. The summed E-state index contributed by atoms with van der Waals surface area (Å²) in [5.41, 5.74) is 7.12. The van der Waals surface area contributed by atoms with Crippen molar-refractivity contribution in [1.29, 1.82) is 0 Å². The number of aromatic nitrogens is 1. The molecule has 0 atom stereocenters. The lowest BCUT2D eigenvalue weighted by Gasteiger charge is -2.17. The third-order valence-corrected chi connectivity index (χ3v) is 5.70. The topological polar surface area (TPSA) is 52.6 Å². The summed E-state index contributed by atoms with van der Waals surface area (Å²) in [6, 6.07) is 18.8. The van der Waals surface area contributed by atoms with Crippen LogP contribution in [-0.4, -0.2) is 38.9 Å². The number of rotatable bonds is 9. The number of pyridine rings is 1. The molecule has 0 fully saturated rings. The van der Waals surface area contributed by atoms with Gasteiger partial charge in [-0.15, -0.1) is 0 Å². The Morgan fingerprint density at radius 2 is 1.81 bits per heavy atom. The van der Waals surface area contributed by atoms with Crippen LogP contribution in [0.3, 0.4) is 0 Å². The van der Waals surface area contributed by atoms with E-state index >= 15 is 0 Å². The van der Waals surface area contributed by atoms with Crippen molar-refractivity contribution >= 4 is 11.1 Å². The smallest absolute Gasteiger partial charge is 0.213 e. The third kappa shape index (κ3) is 4.78. The molecule has 1 aliphatic heterocycles. The van der Waals surface area contributed by atoms with Crippen LogP contribution in [0.5, 0.6) is 17.4 Å². The van der Waals surface area contributed by atoms with E-state index in [1.807, 2.05) is 31.4 Å². The van der Waals surface area contributed by atoms with E-state index in [9.17, 15) is 0 Å². The first-order valence-electron chi connectivity index (χ1n) is 11.1. The molecule has 0 unspecified atom stereocenters. The fourth-order valence-electron chi connectivity index (χ4n) is 4.04. The molecule has 32 heavy (non-hydrogen) atoms. The average Bonchev–Trinajstić information content (AvgIpc) is 3.31. The van der Waals surface area contributed by atoms with Gasteiger partial charge in [-0.1, -0.05) is 25.1 Å². The lowest BCUT2D eigenvalue weighted by Crippen LogP contribution is -2.16. The summed E-state index contributed by atoms with van der Waals surface area (Å²) < 4.78 is 16.8. The highest BCUT2D eigenvalue weighted by Crippen LogP contribution is 2.37. The standard InChI is InChI=1S/C27H30N2O3/c1-4-24(20-7-11-25-21(17-20)13-15-31-25)27(19-5-9-23(30-3)10-6-19)22-8-12-26(29-18-22)32-16-14-28-2/h5-12,17-18,28H,4,13-16H2,1-3H3. The Bertz CT molecular complexity index is 1070. The van der Waals surface area contributed by atoms with Gasteiger partial charge in [-0.2, -0.15) is 0 Å². The van der Waals surface area contributed by atoms with Crippen LogP contribution < -0.4 is 19.5 Å². The van der Waals surface area contributed by atoms with E-state index in [1.54, 1.807) is 7.11 Å². The molecule has 0 saturated carbocycles. The highest BCUT2D eigenvalue weighted by Gasteiger charge is 2.17. The van der Waals surface area contributed by atoms with E-state index in [0.29, 0.717) is 12.5 Å². The van der Waals surface area contributed by atoms with Crippen LogP contribution in [0.2, 0.25) is 0 Å². The number of allylic oxidation sites excluding steroid dienone is 1. The van der Waals surface area contributed by atoms with Crippen LogP contribution in [0.1, 0.15) is 35.6 Å². The summed E-state index contributed by atoms with van der Waals surface area (Å²) in [4.78, 5) is 4.57. The quantitative estimate of drug-likeness (QED) is 0.383. The number of nitrogens with zero attached hydrogens (tertiary/aromatic N) is 1. The van der Waals surface area contributed by atoms with E-state index in [1.165, 1.54) is 22.3 Å². The Labute approximate surface area is 190 Å². The van der Waals surface area contributed by atoms with Gasteiger partial charge in [-0.25, -0.2) is 4.98 Å². The summed E-state index contributed by atoms with van der Waals surface area (Å²) in [6.45, 7) is 4.32. The fourth-order valence-corrected chi connectivity index (χ4v) is 4.04. The molecule has 0 radical (unpaired) electrons. The number of benzene rings is 2. The molecule has 0 bridgehead atoms. The molecule has 0 amide bonds. The van der Waals surface area contributed by atoms with E-state index < -0.39 is 0 Å². The number of nitrogens with one attached hydrogen (secondary N) is 1. The zero-order valence-corrected chi connectivity index (χ0v) is 19.0. The minimum atomic E-state index is 0.585. The summed E-state index contributed by atoms with van der Waals surface area (Å²) in [5.74, 6) is 2.47. The van der Waals surface area contributed by atoms with Crippen molar-refractivity contribution < 1.29 is 14.2 Å². The van der Waals surface area contributed by atoms with Crippen LogP contribution in [0.25, 0.3) is 11.1 Å². The van der Waals surface area contributed by atoms with Crippen molar-refractivity contribution in [2.24, 2.45) is 0 Å². The first kappa shape index (κ1) is 21.9. The second-order valence-electron chi connectivity index (χ2n) is 7.69. The molecular weight excluding hydrogens is 400 g/mol. The van der Waals surface area contributed by atoms with Gasteiger partial charge in [-0.3, -0.25) is 0 Å². The summed E-state index contributed by atoms with van der Waals surface area (Å²) in [5, 5.41) is 3.08. The molecule has 4 rings (SSSR count).